The highest BCUT2D eigenvalue weighted by molar-refractivity contribution is 7.11. The van der Waals surface area contributed by atoms with Gasteiger partial charge in [0, 0.05) is 31.7 Å². The van der Waals surface area contributed by atoms with Gasteiger partial charge in [-0.3, -0.25) is 9.78 Å². The third-order valence-electron chi connectivity index (χ3n) is 3.61. The summed E-state index contributed by atoms with van der Waals surface area (Å²) in [4.78, 5) is 17.0. The molecule has 1 spiro atoms. The van der Waals surface area contributed by atoms with Crippen LogP contribution in [0.25, 0.3) is 0 Å². The number of carbonyl (C=O) groups excluding carboxylic acids is 1. The quantitative estimate of drug-likeness (QED) is 0.755. The van der Waals surface area contributed by atoms with Gasteiger partial charge < -0.3 is 9.47 Å². The van der Waals surface area contributed by atoms with Crippen molar-refractivity contribution in [2.75, 3.05) is 19.8 Å². The summed E-state index contributed by atoms with van der Waals surface area (Å²) in [6.45, 7) is 2.06. The monoisotopic (exact) mass is 253 g/mol. The summed E-state index contributed by atoms with van der Waals surface area (Å²) in [6, 6.07) is 0. The summed E-state index contributed by atoms with van der Waals surface area (Å²) < 4.78 is 11.2. The fourth-order valence-corrected chi connectivity index (χ4v) is 3.29. The van der Waals surface area contributed by atoms with Crippen LogP contribution in [-0.2, 0) is 9.47 Å². The molecule has 0 radical (unpaired) electrons. The molecule has 3 heterocycles. The normalized spacial score (nSPS) is 33.1. The Morgan fingerprint density at radius 3 is 3.18 bits per heavy atom. The maximum Gasteiger partial charge on any atom is 0.177 e. The number of ketones is 1. The summed E-state index contributed by atoms with van der Waals surface area (Å²) in [5.41, 5.74) is 1.52. The highest BCUT2D eigenvalue weighted by atomic mass is 32.1. The lowest BCUT2D eigenvalue weighted by molar-refractivity contribution is -0.0920. The molecule has 92 valence electrons. The molecule has 4 nitrogen and oxygen atoms in total. The molecular weight excluding hydrogens is 238 g/mol. The largest absolute Gasteiger partial charge is 0.378 e. The van der Waals surface area contributed by atoms with Gasteiger partial charge in [-0.05, 0) is 12.8 Å². The average Bonchev–Trinajstić information content (AvgIpc) is 3.00. The van der Waals surface area contributed by atoms with Crippen molar-refractivity contribution in [3.8, 4) is 0 Å². The molecule has 0 N–H and O–H groups in total. The summed E-state index contributed by atoms with van der Waals surface area (Å²) in [6.07, 6.45) is 4.20. The van der Waals surface area contributed by atoms with Crippen molar-refractivity contribution in [3.05, 3.63) is 16.6 Å². The van der Waals surface area contributed by atoms with E-state index in [1.165, 1.54) is 11.3 Å². The lowest BCUT2D eigenvalue weighted by Gasteiger charge is -2.36. The summed E-state index contributed by atoms with van der Waals surface area (Å²) in [7, 11) is 0. The molecule has 2 atom stereocenters. The van der Waals surface area contributed by atoms with Gasteiger partial charge in [0.2, 0.25) is 0 Å². The Morgan fingerprint density at radius 2 is 2.47 bits per heavy atom. The molecule has 0 aromatic carbocycles. The van der Waals surface area contributed by atoms with E-state index in [0.29, 0.717) is 13.2 Å². The second kappa shape index (κ2) is 4.48. The van der Waals surface area contributed by atoms with Crippen molar-refractivity contribution in [1.29, 1.82) is 0 Å². The number of nitrogens with zero attached hydrogens (tertiary/aromatic N) is 1. The molecule has 1 aromatic heterocycles. The first-order chi connectivity index (χ1) is 8.29. The van der Waals surface area contributed by atoms with Gasteiger partial charge in [0.25, 0.3) is 0 Å². The molecule has 3 rings (SSSR count). The van der Waals surface area contributed by atoms with E-state index in [1.54, 1.807) is 11.7 Å². The predicted molar refractivity (Wildman–Crippen MR) is 63.3 cm³/mol. The number of aromatic nitrogens is 1. The molecule has 5 heteroatoms. The maximum atomic E-state index is 12.3. The molecule has 1 aromatic rings. The van der Waals surface area contributed by atoms with E-state index in [-0.39, 0.29) is 17.3 Å². The number of thiazole rings is 1. The standard InChI is InChI=1S/C12H15NO3S/c14-11(10-6-13-8-17-10)9-1-3-16-12(5-9)2-4-15-7-12/h6,8-9H,1-5,7H2. The number of ether oxygens (including phenoxy) is 2. The van der Waals surface area contributed by atoms with E-state index in [2.05, 4.69) is 4.98 Å². The Bertz CT molecular complexity index is 398. The van der Waals surface area contributed by atoms with Crippen LogP contribution in [0, 0.1) is 5.92 Å². The maximum absolute atomic E-state index is 12.3. The van der Waals surface area contributed by atoms with Crippen LogP contribution in [0.1, 0.15) is 28.9 Å². The summed E-state index contributed by atoms with van der Waals surface area (Å²) in [5.74, 6) is 0.299. The van der Waals surface area contributed by atoms with Crippen LogP contribution in [0.2, 0.25) is 0 Å². The Morgan fingerprint density at radius 1 is 1.53 bits per heavy atom. The molecule has 0 aliphatic carbocycles. The highest BCUT2D eigenvalue weighted by Crippen LogP contribution is 2.37. The van der Waals surface area contributed by atoms with Crippen LogP contribution < -0.4 is 0 Å². The molecule has 2 unspecified atom stereocenters. The molecule has 0 amide bonds. The second-order valence-corrected chi connectivity index (χ2v) is 5.64. The zero-order valence-corrected chi connectivity index (χ0v) is 10.4. The minimum atomic E-state index is -0.191. The second-order valence-electron chi connectivity index (χ2n) is 4.75. The number of hydrogen-bond donors (Lipinski definition) is 0. The van der Waals surface area contributed by atoms with E-state index < -0.39 is 0 Å². The molecule has 2 aliphatic heterocycles. The fourth-order valence-electron chi connectivity index (χ4n) is 2.65. The van der Waals surface area contributed by atoms with Crippen molar-refractivity contribution in [2.45, 2.75) is 24.9 Å². The van der Waals surface area contributed by atoms with E-state index in [0.717, 1.165) is 30.7 Å². The van der Waals surface area contributed by atoms with Crippen molar-refractivity contribution in [3.63, 3.8) is 0 Å². The van der Waals surface area contributed by atoms with Crippen molar-refractivity contribution < 1.29 is 14.3 Å². The SMILES string of the molecule is O=C(c1cncs1)C1CCOC2(CCOC2)C1. The minimum Gasteiger partial charge on any atom is -0.378 e. The molecular formula is C12H15NO3S. The number of Topliss-reactive ketones (excluding diaryl/α,β-unsaturated/α-hetero) is 1. The predicted octanol–water partition coefficient (Wildman–Crippen LogP) is 1.91. The Hall–Kier alpha value is -0.780. The van der Waals surface area contributed by atoms with Crippen LogP contribution >= 0.6 is 11.3 Å². The van der Waals surface area contributed by atoms with Gasteiger partial charge in [0.15, 0.2) is 5.78 Å². The third kappa shape index (κ3) is 2.14. The van der Waals surface area contributed by atoms with Crippen LogP contribution in [0.4, 0.5) is 0 Å². The number of rotatable bonds is 2. The number of carbonyl (C=O) groups is 1. The van der Waals surface area contributed by atoms with E-state index in [1.807, 2.05) is 0 Å². The lowest BCUT2D eigenvalue weighted by atomic mass is 9.82. The minimum absolute atomic E-state index is 0.0749. The molecule has 2 fully saturated rings. The van der Waals surface area contributed by atoms with Gasteiger partial charge in [0.1, 0.15) is 0 Å². The first kappa shape index (κ1) is 11.3. The van der Waals surface area contributed by atoms with Crippen molar-refractivity contribution in [2.24, 2.45) is 5.92 Å². The highest BCUT2D eigenvalue weighted by Gasteiger charge is 2.43. The Balaban J connectivity index is 1.73. The molecule has 2 aliphatic rings. The van der Waals surface area contributed by atoms with Gasteiger partial charge in [0.05, 0.1) is 22.6 Å². The van der Waals surface area contributed by atoms with E-state index >= 15 is 0 Å². The fraction of sp³-hybridized carbons (Fsp3) is 0.667. The van der Waals surface area contributed by atoms with Crippen LogP contribution in [-0.4, -0.2) is 36.2 Å². The zero-order chi connectivity index (χ0) is 11.7. The van der Waals surface area contributed by atoms with Gasteiger partial charge in [-0.2, -0.15) is 0 Å². The summed E-state index contributed by atoms with van der Waals surface area (Å²) in [5, 5.41) is 0. The van der Waals surface area contributed by atoms with Crippen LogP contribution in [0.15, 0.2) is 11.7 Å². The van der Waals surface area contributed by atoms with Gasteiger partial charge in [-0.1, -0.05) is 0 Å². The molecule has 17 heavy (non-hydrogen) atoms. The van der Waals surface area contributed by atoms with Gasteiger partial charge >= 0.3 is 0 Å². The van der Waals surface area contributed by atoms with Gasteiger partial charge in [-0.25, -0.2) is 0 Å². The topological polar surface area (TPSA) is 48.4 Å². The molecule has 0 saturated carbocycles. The lowest BCUT2D eigenvalue weighted by Crippen LogP contribution is -2.42. The average molecular weight is 253 g/mol. The molecule has 0 bridgehead atoms. The third-order valence-corrected chi connectivity index (χ3v) is 4.39. The first-order valence-electron chi connectivity index (χ1n) is 5.94. The van der Waals surface area contributed by atoms with Crippen molar-refractivity contribution in [1.82, 2.24) is 4.98 Å². The van der Waals surface area contributed by atoms with E-state index in [9.17, 15) is 4.79 Å². The molecule has 2 saturated heterocycles. The summed E-state index contributed by atoms with van der Waals surface area (Å²) >= 11 is 1.42. The van der Waals surface area contributed by atoms with Crippen LogP contribution in [0.3, 0.4) is 0 Å². The number of hydrogen-bond acceptors (Lipinski definition) is 5. The first-order valence-corrected chi connectivity index (χ1v) is 6.81. The smallest absolute Gasteiger partial charge is 0.177 e. The van der Waals surface area contributed by atoms with E-state index in [4.69, 9.17) is 9.47 Å². The Kier molecular flexibility index (Phi) is 2.98. The van der Waals surface area contributed by atoms with Gasteiger partial charge in [-0.15, -0.1) is 11.3 Å². The zero-order valence-electron chi connectivity index (χ0n) is 9.55. The Labute approximate surface area is 104 Å². The van der Waals surface area contributed by atoms with Crippen molar-refractivity contribution >= 4 is 17.1 Å². The van der Waals surface area contributed by atoms with Crippen LogP contribution in [0.5, 0.6) is 0 Å².